The van der Waals surface area contributed by atoms with E-state index in [1.165, 1.54) is 0 Å². The van der Waals surface area contributed by atoms with Gasteiger partial charge in [-0.2, -0.15) is 13.2 Å². The quantitative estimate of drug-likeness (QED) is 0.850. The molecule has 1 amide bonds. The monoisotopic (exact) mass is 297 g/mol. The molecular weight excluding hydrogens is 279 g/mol. The number of amides is 1. The molecule has 1 aliphatic heterocycles. The van der Waals surface area contributed by atoms with Crippen molar-refractivity contribution in [3.05, 3.63) is 0 Å². The molecule has 1 rings (SSSR count). The molecule has 0 bridgehead atoms. The van der Waals surface area contributed by atoms with Gasteiger partial charge in [-0.05, 0) is 20.8 Å². The third kappa shape index (κ3) is 4.90. The molecule has 0 radical (unpaired) electrons. The van der Waals surface area contributed by atoms with Gasteiger partial charge in [0.15, 0.2) is 0 Å². The summed E-state index contributed by atoms with van der Waals surface area (Å²) in [6.45, 7) is 4.37. The number of halogens is 3. The van der Waals surface area contributed by atoms with E-state index in [0.29, 0.717) is 0 Å². The molecule has 1 aliphatic rings. The molecule has 0 aliphatic carbocycles. The first-order chi connectivity index (χ1) is 8.89. The SMILES string of the molecule is CC(C)(C)OC(=O)N1C[C@@H](CC(F)(F)F)[C@H](C(=O)O)C1. The summed E-state index contributed by atoms with van der Waals surface area (Å²) in [5.74, 6) is -3.69. The Labute approximate surface area is 114 Å². The largest absolute Gasteiger partial charge is 0.481 e. The van der Waals surface area contributed by atoms with Gasteiger partial charge in [-0.1, -0.05) is 0 Å². The lowest BCUT2D eigenvalue weighted by Gasteiger charge is -2.24. The third-order valence-corrected chi connectivity index (χ3v) is 2.90. The Kier molecular flexibility index (Phi) is 4.55. The average molecular weight is 297 g/mol. The minimum absolute atomic E-state index is 0.259. The van der Waals surface area contributed by atoms with Gasteiger partial charge in [0.25, 0.3) is 0 Å². The van der Waals surface area contributed by atoms with Gasteiger partial charge in [0.1, 0.15) is 5.60 Å². The van der Waals surface area contributed by atoms with Gasteiger partial charge in [-0.25, -0.2) is 4.79 Å². The van der Waals surface area contributed by atoms with Crippen LogP contribution < -0.4 is 0 Å². The van der Waals surface area contributed by atoms with Crippen LogP contribution in [0.25, 0.3) is 0 Å². The Hall–Kier alpha value is -1.47. The molecule has 116 valence electrons. The van der Waals surface area contributed by atoms with Gasteiger partial charge in [0.2, 0.25) is 0 Å². The van der Waals surface area contributed by atoms with E-state index in [4.69, 9.17) is 9.84 Å². The van der Waals surface area contributed by atoms with Crippen LogP contribution in [-0.2, 0) is 9.53 Å². The number of nitrogens with zero attached hydrogens (tertiary/aromatic N) is 1. The number of hydrogen-bond donors (Lipinski definition) is 1. The van der Waals surface area contributed by atoms with Crippen LogP contribution in [0.3, 0.4) is 0 Å². The van der Waals surface area contributed by atoms with Crippen LogP contribution in [-0.4, -0.2) is 46.9 Å². The second kappa shape index (κ2) is 5.49. The van der Waals surface area contributed by atoms with Crippen LogP contribution >= 0.6 is 0 Å². The number of carboxylic acid groups (broad SMARTS) is 1. The summed E-state index contributed by atoms with van der Waals surface area (Å²) in [5.41, 5.74) is -0.780. The summed E-state index contributed by atoms with van der Waals surface area (Å²) in [6.07, 6.45) is -6.46. The maximum Gasteiger partial charge on any atom is 0.410 e. The van der Waals surface area contributed by atoms with Gasteiger partial charge in [0, 0.05) is 25.4 Å². The molecule has 1 heterocycles. The maximum absolute atomic E-state index is 12.4. The smallest absolute Gasteiger partial charge is 0.410 e. The predicted molar refractivity (Wildman–Crippen MR) is 63.1 cm³/mol. The van der Waals surface area contributed by atoms with E-state index in [1.54, 1.807) is 20.8 Å². The molecule has 0 saturated carbocycles. The number of likely N-dealkylation sites (tertiary alicyclic amines) is 1. The fourth-order valence-electron chi connectivity index (χ4n) is 2.13. The third-order valence-electron chi connectivity index (χ3n) is 2.90. The number of carbonyl (C=O) groups is 2. The Bertz CT molecular complexity index is 389. The highest BCUT2D eigenvalue weighted by Gasteiger charge is 2.45. The molecule has 8 heteroatoms. The summed E-state index contributed by atoms with van der Waals surface area (Å²) in [4.78, 5) is 23.8. The second-order valence-corrected chi connectivity index (χ2v) is 5.91. The Morgan fingerprint density at radius 3 is 2.20 bits per heavy atom. The summed E-state index contributed by atoms with van der Waals surface area (Å²) in [6, 6.07) is 0. The summed E-state index contributed by atoms with van der Waals surface area (Å²) < 4.78 is 42.3. The van der Waals surface area contributed by atoms with Crippen molar-refractivity contribution in [1.82, 2.24) is 4.90 Å². The zero-order chi connectivity index (χ0) is 15.7. The molecule has 0 unspecified atom stereocenters. The van der Waals surface area contributed by atoms with Gasteiger partial charge in [0.05, 0.1) is 5.92 Å². The van der Waals surface area contributed by atoms with Crippen LogP contribution in [0.1, 0.15) is 27.2 Å². The van der Waals surface area contributed by atoms with Crippen molar-refractivity contribution in [1.29, 1.82) is 0 Å². The van der Waals surface area contributed by atoms with E-state index < -0.39 is 42.1 Å². The first-order valence-corrected chi connectivity index (χ1v) is 6.16. The minimum Gasteiger partial charge on any atom is -0.481 e. The highest BCUT2D eigenvalue weighted by Crippen LogP contribution is 2.34. The molecule has 20 heavy (non-hydrogen) atoms. The summed E-state index contributed by atoms with van der Waals surface area (Å²) in [7, 11) is 0. The molecule has 0 aromatic heterocycles. The standard InChI is InChI=1S/C12H18F3NO4/c1-11(2,3)20-10(19)16-5-7(4-12(13,14)15)8(6-16)9(17)18/h7-8H,4-6H2,1-3H3,(H,17,18)/t7-,8-/m1/s1. The Morgan fingerprint density at radius 2 is 1.80 bits per heavy atom. The molecule has 1 fully saturated rings. The van der Waals surface area contributed by atoms with Crippen LogP contribution in [0.5, 0.6) is 0 Å². The van der Waals surface area contributed by atoms with Crippen molar-refractivity contribution in [2.75, 3.05) is 13.1 Å². The van der Waals surface area contributed by atoms with Crippen LogP contribution in [0.2, 0.25) is 0 Å². The van der Waals surface area contributed by atoms with Gasteiger partial charge >= 0.3 is 18.2 Å². The van der Waals surface area contributed by atoms with E-state index in [9.17, 15) is 22.8 Å². The molecule has 0 aromatic rings. The molecular formula is C12H18F3NO4. The average Bonchev–Trinajstić information content (AvgIpc) is 2.56. The predicted octanol–water partition coefficient (Wildman–Crippen LogP) is 2.51. The van der Waals surface area contributed by atoms with Crippen LogP contribution in [0.4, 0.5) is 18.0 Å². The first-order valence-electron chi connectivity index (χ1n) is 6.16. The van der Waals surface area contributed by atoms with E-state index in [-0.39, 0.29) is 13.1 Å². The fraction of sp³-hybridized carbons (Fsp3) is 0.833. The van der Waals surface area contributed by atoms with Crippen molar-refractivity contribution >= 4 is 12.1 Å². The fourth-order valence-corrected chi connectivity index (χ4v) is 2.13. The lowest BCUT2D eigenvalue weighted by Crippen LogP contribution is -2.36. The maximum atomic E-state index is 12.4. The number of ether oxygens (including phenoxy) is 1. The van der Waals surface area contributed by atoms with Crippen molar-refractivity contribution < 1.29 is 32.6 Å². The zero-order valence-electron chi connectivity index (χ0n) is 11.5. The van der Waals surface area contributed by atoms with E-state index in [0.717, 1.165) is 4.90 Å². The van der Waals surface area contributed by atoms with Gasteiger partial charge < -0.3 is 14.7 Å². The molecule has 0 spiro atoms. The molecule has 5 nitrogen and oxygen atoms in total. The lowest BCUT2D eigenvalue weighted by molar-refractivity contribution is -0.154. The number of hydrogen-bond acceptors (Lipinski definition) is 3. The first kappa shape index (κ1) is 16.6. The van der Waals surface area contributed by atoms with Gasteiger partial charge in [-0.3, -0.25) is 4.79 Å². The van der Waals surface area contributed by atoms with Gasteiger partial charge in [-0.15, -0.1) is 0 Å². The van der Waals surface area contributed by atoms with Crippen molar-refractivity contribution in [3.8, 4) is 0 Å². The highest BCUT2D eigenvalue weighted by atomic mass is 19.4. The highest BCUT2D eigenvalue weighted by molar-refractivity contribution is 5.74. The number of rotatable bonds is 2. The zero-order valence-corrected chi connectivity index (χ0v) is 11.5. The number of carboxylic acids is 1. The molecule has 1 saturated heterocycles. The Morgan fingerprint density at radius 1 is 1.25 bits per heavy atom. The van der Waals surface area contributed by atoms with E-state index in [1.807, 2.05) is 0 Å². The molecule has 0 aromatic carbocycles. The van der Waals surface area contributed by atoms with Crippen molar-refractivity contribution in [2.24, 2.45) is 11.8 Å². The summed E-state index contributed by atoms with van der Waals surface area (Å²) >= 11 is 0. The molecule has 2 atom stereocenters. The van der Waals surface area contributed by atoms with Crippen LogP contribution in [0, 0.1) is 11.8 Å². The van der Waals surface area contributed by atoms with Crippen molar-refractivity contribution in [3.63, 3.8) is 0 Å². The normalized spacial score (nSPS) is 23.8. The van der Waals surface area contributed by atoms with Crippen molar-refractivity contribution in [2.45, 2.75) is 39.0 Å². The van der Waals surface area contributed by atoms with E-state index in [2.05, 4.69) is 0 Å². The summed E-state index contributed by atoms with van der Waals surface area (Å²) in [5, 5.41) is 8.97. The number of alkyl halides is 3. The topological polar surface area (TPSA) is 66.8 Å². The Balaban J connectivity index is 2.75. The number of carbonyl (C=O) groups excluding carboxylic acids is 1. The minimum atomic E-state index is -4.46. The van der Waals surface area contributed by atoms with Crippen LogP contribution in [0.15, 0.2) is 0 Å². The number of aliphatic carboxylic acids is 1. The molecule has 1 N–H and O–H groups in total. The lowest BCUT2D eigenvalue weighted by atomic mass is 9.93. The second-order valence-electron chi connectivity index (χ2n) is 5.91. The van der Waals surface area contributed by atoms with E-state index >= 15 is 0 Å².